The third-order valence-corrected chi connectivity index (χ3v) is 7.35. The van der Waals surface area contributed by atoms with Crippen molar-refractivity contribution in [3.63, 3.8) is 0 Å². The van der Waals surface area contributed by atoms with Crippen LogP contribution in [-0.4, -0.2) is 59.7 Å². The number of unbranched alkanes of at least 4 members (excludes halogenated alkanes) is 1. The van der Waals surface area contributed by atoms with Gasteiger partial charge in [-0.05, 0) is 69.7 Å². The molecule has 1 aliphatic heterocycles. The highest BCUT2D eigenvalue weighted by molar-refractivity contribution is 5.97. The van der Waals surface area contributed by atoms with E-state index in [1.165, 1.54) is 12.5 Å². The van der Waals surface area contributed by atoms with Crippen molar-refractivity contribution < 1.29 is 29.0 Å². The zero-order chi connectivity index (χ0) is 27.7. The Bertz CT molecular complexity index is 1110. The standard InChI is InChI=1S/C30H40N2O6/c1-5-38-27-21(2)25(14-15-26(27)23(4)33)22(3)32(18-10-9-13-24-11-7-6-8-12-24)29(36)31-30(28(34)35)16-19-37-20-17-30/h6-8,11-12,14-15,22H,5,9-10,13,16-20H2,1-4H3,(H,31,36)(H,34,35)/t22-/m1/s1. The molecule has 3 rings (SSSR count). The number of nitrogens with one attached hydrogen (secondary N) is 1. The molecular weight excluding hydrogens is 484 g/mol. The average Bonchev–Trinajstić information content (AvgIpc) is 2.90. The molecule has 1 aliphatic rings. The van der Waals surface area contributed by atoms with Crippen LogP contribution < -0.4 is 10.1 Å². The molecule has 206 valence electrons. The highest BCUT2D eigenvalue weighted by Gasteiger charge is 2.43. The second-order valence-corrected chi connectivity index (χ2v) is 9.89. The van der Waals surface area contributed by atoms with Gasteiger partial charge < -0.3 is 24.8 Å². The van der Waals surface area contributed by atoms with Crippen molar-refractivity contribution in [2.24, 2.45) is 0 Å². The summed E-state index contributed by atoms with van der Waals surface area (Å²) in [5.41, 5.74) is 2.04. The van der Waals surface area contributed by atoms with Crippen LogP contribution in [0.4, 0.5) is 4.79 Å². The minimum atomic E-state index is -1.36. The summed E-state index contributed by atoms with van der Waals surface area (Å²) in [6, 6.07) is 13.0. The number of carboxylic acid groups (broad SMARTS) is 1. The van der Waals surface area contributed by atoms with E-state index in [9.17, 15) is 19.5 Å². The molecule has 0 saturated carbocycles. The largest absolute Gasteiger partial charge is 0.493 e. The molecule has 8 nitrogen and oxygen atoms in total. The topological polar surface area (TPSA) is 105 Å². The second kappa shape index (κ2) is 13.4. The third kappa shape index (κ3) is 6.92. The summed E-state index contributed by atoms with van der Waals surface area (Å²) in [4.78, 5) is 39.9. The average molecular weight is 525 g/mol. The number of Topliss-reactive ketones (excluding diaryl/α,β-unsaturated/α-hetero) is 1. The third-order valence-electron chi connectivity index (χ3n) is 7.35. The van der Waals surface area contributed by atoms with Gasteiger partial charge in [-0.15, -0.1) is 0 Å². The van der Waals surface area contributed by atoms with Crippen LogP contribution in [0.2, 0.25) is 0 Å². The van der Waals surface area contributed by atoms with Crippen molar-refractivity contribution in [3.8, 4) is 5.75 Å². The number of carbonyl (C=O) groups is 3. The minimum absolute atomic E-state index is 0.0887. The number of ether oxygens (including phenoxy) is 2. The lowest BCUT2D eigenvalue weighted by Gasteiger charge is -2.38. The first-order chi connectivity index (χ1) is 18.2. The minimum Gasteiger partial charge on any atom is -0.493 e. The highest BCUT2D eigenvalue weighted by atomic mass is 16.5. The Morgan fingerprint density at radius 1 is 1.11 bits per heavy atom. The van der Waals surface area contributed by atoms with Crippen molar-refractivity contribution in [3.05, 3.63) is 64.7 Å². The molecule has 1 atom stereocenters. The zero-order valence-electron chi connectivity index (χ0n) is 22.9. The number of aliphatic carboxylic acids is 1. The monoisotopic (exact) mass is 524 g/mol. The van der Waals surface area contributed by atoms with Crippen LogP contribution in [0.3, 0.4) is 0 Å². The Morgan fingerprint density at radius 2 is 1.79 bits per heavy atom. The van der Waals surface area contributed by atoms with Gasteiger partial charge in [0.1, 0.15) is 11.3 Å². The van der Waals surface area contributed by atoms with Crippen molar-refractivity contribution in [1.29, 1.82) is 0 Å². The number of carboxylic acids is 1. The van der Waals surface area contributed by atoms with Crippen LogP contribution in [0.25, 0.3) is 0 Å². The van der Waals surface area contributed by atoms with Gasteiger partial charge in [0, 0.05) is 32.6 Å². The molecule has 0 unspecified atom stereocenters. The van der Waals surface area contributed by atoms with Crippen molar-refractivity contribution in [2.45, 2.75) is 71.4 Å². The van der Waals surface area contributed by atoms with E-state index in [2.05, 4.69) is 17.4 Å². The van der Waals surface area contributed by atoms with Gasteiger partial charge in [0.15, 0.2) is 5.78 Å². The first kappa shape index (κ1) is 29.2. The number of nitrogens with zero attached hydrogens (tertiary/aromatic N) is 1. The number of amides is 2. The summed E-state index contributed by atoms with van der Waals surface area (Å²) in [7, 11) is 0. The van der Waals surface area contributed by atoms with Gasteiger partial charge in [-0.25, -0.2) is 9.59 Å². The maximum atomic E-state index is 13.7. The second-order valence-electron chi connectivity index (χ2n) is 9.89. The quantitative estimate of drug-likeness (QED) is 0.287. The normalized spacial score (nSPS) is 15.4. The lowest BCUT2D eigenvalue weighted by Crippen LogP contribution is -2.60. The Hall–Kier alpha value is -3.39. The van der Waals surface area contributed by atoms with Gasteiger partial charge >= 0.3 is 12.0 Å². The Labute approximate surface area is 225 Å². The number of urea groups is 1. The molecule has 0 bridgehead atoms. The number of hydrogen-bond donors (Lipinski definition) is 2. The van der Waals surface area contributed by atoms with Gasteiger partial charge in [0.2, 0.25) is 0 Å². The molecule has 1 saturated heterocycles. The molecule has 2 N–H and O–H groups in total. The van der Waals surface area contributed by atoms with E-state index in [4.69, 9.17) is 9.47 Å². The van der Waals surface area contributed by atoms with Gasteiger partial charge in [-0.2, -0.15) is 0 Å². The lowest BCUT2D eigenvalue weighted by molar-refractivity contribution is -0.148. The van der Waals surface area contributed by atoms with E-state index in [-0.39, 0.29) is 37.9 Å². The maximum Gasteiger partial charge on any atom is 0.329 e. The first-order valence-electron chi connectivity index (χ1n) is 13.4. The molecule has 1 fully saturated rings. The molecule has 38 heavy (non-hydrogen) atoms. The number of aryl methyl sites for hydroxylation is 1. The molecule has 2 aromatic carbocycles. The van der Waals surface area contributed by atoms with E-state index >= 15 is 0 Å². The molecule has 2 amide bonds. The first-order valence-corrected chi connectivity index (χ1v) is 13.4. The van der Waals surface area contributed by atoms with E-state index in [1.54, 1.807) is 11.0 Å². The van der Waals surface area contributed by atoms with E-state index in [0.717, 1.165) is 30.4 Å². The number of carbonyl (C=O) groups excluding carboxylic acids is 2. The molecule has 0 radical (unpaired) electrons. The van der Waals surface area contributed by atoms with Crippen LogP contribution in [0, 0.1) is 6.92 Å². The van der Waals surface area contributed by atoms with Crippen LogP contribution in [0.1, 0.15) is 79.5 Å². The fourth-order valence-corrected chi connectivity index (χ4v) is 5.05. The Balaban J connectivity index is 1.87. The summed E-state index contributed by atoms with van der Waals surface area (Å²) < 4.78 is 11.2. The number of hydrogen-bond acceptors (Lipinski definition) is 5. The molecule has 8 heteroatoms. The summed E-state index contributed by atoms with van der Waals surface area (Å²) in [6.45, 7) is 8.61. The van der Waals surface area contributed by atoms with E-state index < -0.39 is 17.5 Å². The number of ketones is 1. The summed E-state index contributed by atoms with van der Waals surface area (Å²) in [6.07, 6.45) is 2.95. The Morgan fingerprint density at radius 3 is 2.39 bits per heavy atom. The molecular formula is C30H40N2O6. The fraction of sp³-hybridized carbons (Fsp3) is 0.500. The van der Waals surface area contributed by atoms with Gasteiger partial charge in [-0.3, -0.25) is 4.79 Å². The van der Waals surface area contributed by atoms with Crippen LogP contribution in [0.15, 0.2) is 42.5 Å². The summed E-state index contributed by atoms with van der Waals surface area (Å²) >= 11 is 0. The molecule has 2 aromatic rings. The smallest absolute Gasteiger partial charge is 0.329 e. The summed E-state index contributed by atoms with van der Waals surface area (Å²) in [5.74, 6) is -0.610. The SMILES string of the molecule is CCOc1c(C(C)=O)ccc([C@@H](C)N(CCCCc2ccccc2)C(=O)NC2(C(=O)O)CCOCC2)c1C. The van der Waals surface area contributed by atoms with Gasteiger partial charge in [-0.1, -0.05) is 36.4 Å². The van der Waals surface area contributed by atoms with Crippen LogP contribution >= 0.6 is 0 Å². The van der Waals surface area contributed by atoms with Crippen molar-refractivity contribution >= 4 is 17.8 Å². The van der Waals surface area contributed by atoms with Crippen LogP contribution in [-0.2, 0) is 16.0 Å². The molecule has 0 aliphatic carbocycles. The highest BCUT2D eigenvalue weighted by Crippen LogP contribution is 2.34. The zero-order valence-corrected chi connectivity index (χ0v) is 22.9. The molecule has 0 aromatic heterocycles. The molecule has 1 heterocycles. The van der Waals surface area contributed by atoms with Gasteiger partial charge in [0.05, 0.1) is 18.2 Å². The number of benzene rings is 2. The predicted molar refractivity (Wildman–Crippen MR) is 146 cm³/mol. The van der Waals surface area contributed by atoms with Crippen molar-refractivity contribution in [1.82, 2.24) is 10.2 Å². The van der Waals surface area contributed by atoms with Gasteiger partial charge in [0.25, 0.3) is 0 Å². The van der Waals surface area contributed by atoms with Crippen molar-refractivity contribution in [2.75, 3.05) is 26.4 Å². The van der Waals surface area contributed by atoms with E-state index in [1.807, 2.05) is 45.0 Å². The van der Waals surface area contributed by atoms with Crippen LogP contribution in [0.5, 0.6) is 5.75 Å². The summed E-state index contributed by atoms with van der Waals surface area (Å²) in [5, 5.41) is 12.9. The van der Waals surface area contributed by atoms with E-state index in [0.29, 0.717) is 24.5 Å². The maximum absolute atomic E-state index is 13.7. The predicted octanol–water partition coefficient (Wildman–Crippen LogP) is 5.33. The number of rotatable bonds is 12. The Kier molecular flexibility index (Phi) is 10.3. The lowest BCUT2D eigenvalue weighted by atomic mass is 9.90. The molecule has 0 spiro atoms. The fourth-order valence-electron chi connectivity index (χ4n) is 5.05.